The van der Waals surface area contributed by atoms with Crippen molar-refractivity contribution in [2.75, 3.05) is 13.2 Å². The maximum atomic E-state index is 13.6. The molecule has 1 saturated heterocycles. The first-order chi connectivity index (χ1) is 9.60. The third kappa shape index (κ3) is 2.12. The fourth-order valence-electron chi connectivity index (χ4n) is 2.72. The molecule has 3 rings (SSSR count). The number of H-pyrrole nitrogens is 2. The Morgan fingerprint density at radius 2 is 2.30 bits per heavy atom. The van der Waals surface area contributed by atoms with Crippen LogP contribution in [0.25, 0.3) is 11.0 Å². The highest BCUT2D eigenvalue weighted by Crippen LogP contribution is 2.24. The summed E-state index contributed by atoms with van der Waals surface area (Å²) in [7, 11) is 0. The summed E-state index contributed by atoms with van der Waals surface area (Å²) >= 11 is 4.98. The molecule has 0 spiro atoms. The molecule has 1 aliphatic heterocycles. The molecule has 1 atom stereocenters. The summed E-state index contributed by atoms with van der Waals surface area (Å²) in [5, 5.41) is 9.31. The highest BCUT2D eigenvalue weighted by molar-refractivity contribution is 7.71. The van der Waals surface area contributed by atoms with Crippen molar-refractivity contribution in [1.82, 2.24) is 14.9 Å². The molecule has 1 aromatic heterocycles. The van der Waals surface area contributed by atoms with Gasteiger partial charge in [-0.25, -0.2) is 4.39 Å². The summed E-state index contributed by atoms with van der Waals surface area (Å²) in [6.07, 6.45) is 1.61. The Bertz CT molecular complexity index is 724. The van der Waals surface area contributed by atoms with E-state index in [9.17, 15) is 14.3 Å². The van der Waals surface area contributed by atoms with Gasteiger partial charge in [0.15, 0.2) is 4.77 Å². The zero-order chi connectivity index (χ0) is 14.3. The van der Waals surface area contributed by atoms with Crippen molar-refractivity contribution in [3.8, 4) is 0 Å². The summed E-state index contributed by atoms with van der Waals surface area (Å²) in [5.41, 5.74) is 1.22. The first-order valence-corrected chi connectivity index (χ1v) is 6.84. The Morgan fingerprint density at radius 3 is 3.05 bits per heavy atom. The SMILES string of the molecule is O=C(c1cc(F)cc2[nH]c(=S)[nH]c12)N1CCC[C@@H]1CO. The van der Waals surface area contributed by atoms with Gasteiger partial charge in [-0.05, 0) is 37.2 Å². The Kier molecular flexibility index (Phi) is 3.31. The molecule has 20 heavy (non-hydrogen) atoms. The summed E-state index contributed by atoms with van der Waals surface area (Å²) in [4.78, 5) is 19.9. The summed E-state index contributed by atoms with van der Waals surface area (Å²) in [5.74, 6) is -0.776. The van der Waals surface area contributed by atoms with Gasteiger partial charge in [-0.1, -0.05) is 0 Å². The first kappa shape index (κ1) is 13.3. The van der Waals surface area contributed by atoms with E-state index in [1.165, 1.54) is 12.1 Å². The van der Waals surface area contributed by atoms with E-state index < -0.39 is 5.82 Å². The maximum Gasteiger partial charge on any atom is 0.256 e. The van der Waals surface area contributed by atoms with Gasteiger partial charge in [-0.15, -0.1) is 0 Å². The molecule has 0 unspecified atom stereocenters. The smallest absolute Gasteiger partial charge is 0.256 e. The van der Waals surface area contributed by atoms with Crippen molar-refractivity contribution >= 4 is 29.2 Å². The van der Waals surface area contributed by atoms with Gasteiger partial charge in [-0.2, -0.15) is 0 Å². The van der Waals surface area contributed by atoms with Crippen molar-refractivity contribution in [3.05, 3.63) is 28.3 Å². The van der Waals surface area contributed by atoms with E-state index in [4.69, 9.17) is 12.2 Å². The van der Waals surface area contributed by atoms with Crippen LogP contribution >= 0.6 is 12.2 Å². The van der Waals surface area contributed by atoms with Crippen LogP contribution in [-0.2, 0) is 0 Å². The predicted octanol–water partition coefficient (Wildman–Crippen LogP) is 1.96. The summed E-state index contributed by atoms with van der Waals surface area (Å²) < 4.78 is 14.0. The monoisotopic (exact) mass is 295 g/mol. The molecular weight excluding hydrogens is 281 g/mol. The molecule has 0 radical (unpaired) electrons. The van der Waals surface area contributed by atoms with Crippen molar-refractivity contribution in [3.63, 3.8) is 0 Å². The van der Waals surface area contributed by atoms with Crippen LogP contribution in [0.2, 0.25) is 0 Å². The number of aliphatic hydroxyl groups excluding tert-OH is 1. The van der Waals surface area contributed by atoms with Gasteiger partial charge < -0.3 is 20.0 Å². The number of carbonyl (C=O) groups is 1. The van der Waals surface area contributed by atoms with Crippen LogP contribution in [0.15, 0.2) is 12.1 Å². The normalized spacial score (nSPS) is 18.9. The number of aromatic nitrogens is 2. The van der Waals surface area contributed by atoms with Crippen LogP contribution in [0.4, 0.5) is 4.39 Å². The van der Waals surface area contributed by atoms with Gasteiger partial charge >= 0.3 is 0 Å². The highest BCUT2D eigenvalue weighted by atomic mass is 32.1. The van der Waals surface area contributed by atoms with Gasteiger partial charge in [0.05, 0.1) is 29.2 Å². The fourth-order valence-corrected chi connectivity index (χ4v) is 2.94. The number of nitrogens with zero attached hydrogens (tertiary/aromatic N) is 1. The van der Waals surface area contributed by atoms with E-state index in [0.717, 1.165) is 12.8 Å². The largest absolute Gasteiger partial charge is 0.394 e. The van der Waals surface area contributed by atoms with E-state index in [1.807, 2.05) is 0 Å². The fraction of sp³-hybridized carbons (Fsp3) is 0.385. The molecule has 2 aromatic rings. The number of aromatic amines is 2. The van der Waals surface area contributed by atoms with Gasteiger partial charge in [-0.3, -0.25) is 4.79 Å². The number of likely N-dealkylation sites (tertiary alicyclic amines) is 1. The number of aliphatic hydroxyl groups is 1. The third-order valence-electron chi connectivity index (χ3n) is 3.67. The molecule has 2 heterocycles. The van der Waals surface area contributed by atoms with Crippen LogP contribution in [0.5, 0.6) is 0 Å². The number of carbonyl (C=O) groups excluding carboxylic acids is 1. The zero-order valence-electron chi connectivity index (χ0n) is 10.6. The molecule has 1 fully saturated rings. The lowest BCUT2D eigenvalue weighted by atomic mass is 10.1. The van der Waals surface area contributed by atoms with Crippen LogP contribution in [0.3, 0.4) is 0 Å². The molecule has 7 heteroatoms. The number of hydrogen-bond acceptors (Lipinski definition) is 3. The van der Waals surface area contributed by atoms with Gasteiger partial charge in [0.2, 0.25) is 0 Å². The lowest BCUT2D eigenvalue weighted by Gasteiger charge is -2.23. The van der Waals surface area contributed by atoms with Crippen LogP contribution in [0.1, 0.15) is 23.2 Å². The quantitative estimate of drug-likeness (QED) is 0.742. The molecule has 1 aromatic carbocycles. The molecule has 3 N–H and O–H groups in total. The number of imidazole rings is 1. The Hall–Kier alpha value is -1.73. The standard InChI is InChI=1S/C13H14FN3O2S/c14-7-4-9(11-10(5-7)15-13(20)16-11)12(19)17-3-1-2-8(17)6-18/h4-5,8,18H,1-3,6H2,(H2,15,16,20)/t8-/m1/s1. The third-order valence-corrected chi connectivity index (χ3v) is 3.87. The minimum atomic E-state index is -0.495. The van der Waals surface area contributed by atoms with Crippen LogP contribution < -0.4 is 0 Å². The number of hydrogen-bond donors (Lipinski definition) is 3. The van der Waals surface area contributed by atoms with Crippen molar-refractivity contribution in [2.24, 2.45) is 0 Å². The molecule has 1 amide bonds. The molecule has 0 aliphatic carbocycles. The topological polar surface area (TPSA) is 72.1 Å². The first-order valence-electron chi connectivity index (χ1n) is 6.43. The Labute approximate surface area is 119 Å². The van der Waals surface area contributed by atoms with Gasteiger partial charge in [0.25, 0.3) is 5.91 Å². The van der Waals surface area contributed by atoms with Crippen molar-refractivity contribution < 1.29 is 14.3 Å². The minimum Gasteiger partial charge on any atom is -0.394 e. The van der Waals surface area contributed by atoms with Gasteiger partial charge in [0.1, 0.15) is 5.82 Å². The molecule has 1 aliphatic rings. The second-order valence-electron chi connectivity index (χ2n) is 4.93. The second kappa shape index (κ2) is 4.99. The van der Waals surface area contributed by atoms with Crippen LogP contribution in [0, 0.1) is 10.6 Å². The lowest BCUT2D eigenvalue weighted by Crippen LogP contribution is -2.37. The van der Waals surface area contributed by atoms with E-state index in [1.54, 1.807) is 4.90 Å². The molecule has 0 bridgehead atoms. The number of amides is 1. The molecule has 5 nitrogen and oxygen atoms in total. The van der Waals surface area contributed by atoms with E-state index >= 15 is 0 Å². The molecule has 106 valence electrons. The number of benzene rings is 1. The summed E-state index contributed by atoms with van der Waals surface area (Å²) in [6.45, 7) is 0.501. The lowest BCUT2D eigenvalue weighted by molar-refractivity contribution is 0.0679. The van der Waals surface area contributed by atoms with E-state index in [0.29, 0.717) is 22.3 Å². The van der Waals surface area contributed by atoms with Crippen molar-refractivity contribution in [2.45, 2.75) is 18.9 Å². The Morgan fingerprint density at radius 1 is 1.50 bits per heavy atom. The minimum absolute atomic E-state index is 0.0761. The van der Waals surface area contributed by atoms with E-state index in [-0.39, 0.29) is 24.1 Å². The molecular formula is C13H14FN3O2S. The number of nitrogens with one attached hydrogen (secondary N) is 2. The number of rotatable bonds is 2. The second-order valence-corrected chi connectivity index (χ2v) is 5.34. The van der Waals surface area contributed by atoms with E-state index in [2.05, 4.69) is 9.97 Å². The zero-order valence-corrected chi connectivity index (χ0v) is 11.5. The van der Waals surface area contributed by atoms with Crippen molar-refractivity contribution in [1.29, 1.82) is 0 Å². The average molecular weight is 295 g/mol. The average Bonchev–Trinajstić information content (AvgIpc) is 3.01. The van der Waals surface area contributed by atoms with Gasteiger partial charge in [0, 0.05) is 6.54 Å². The Balaban J connectivity index is 2.09. The molecule has 0 saturated carbocycles. The summed E-state index contributed by atoms with van der Waals surface area (Å²) in [6, 6.07) is 2.31. The predicted molar refractivity (Wildman–Crippen MR) is 74.6 cm³/mol. The number of fused-ring (bicyclic) bond motifs is 1. The maximum absolute atomic E-state index is 13.6. The number of halogens is 1. The highest BCUT2D eigenvalue weighted by Gasteiger charge is 2.30. The van der Waals surface area contributed by atoms with Crippen LogP contribution in [-0.4, -0.2) is 45.1 Å².